The van der Waals surface area contributed by atoms with Gasteiger partial charge in [-0.1, -0.05) is 31.9 Å². The topological polar surface area (TPSA) is 67.2 Å². The van der Waals surface area contributed by atoms with Crippen molar-refractivity contribution in [1.29, 1.82) is 0 Å². The van der Waals surface area contributed by atoms with E-state index in [4.69, 9.17) is 0 Å². The van der Waals surface area contributed by atoms with Crippen LogP contribution in [0, 0.1) is 12.8 Å². The lowest BCUT2D eigenvalue weighted by atomic mass is 10.0. The van der Waals surface area contributed by atoms with Crippen LogP contribution in [0.15, 0.2) is 36.9 Å². The summed E-state index contributed by atoms with van der Waals surface area (Å²) < 4.78 is 1.81. The van der Waals surface area contributed by atoms with Gasteiger partial charge in [0.25, 0.3) is 5.91 Å². The molecule has 0 fully saturated rings. The van der Waals surface area contributed by atoms with Crippen LogP contribution in [-0.4, -0.2) is 33.2 Å². The molecule has 2 N–H and O–H groups in total. The Labute approximate surface area is 131 Å². The highest BCUT2D eigenvalue weighted by Gasteiger charge is 2.16. The number of aromatic nitrogens is 2. The minimum Gasteiger partial charge on any atom is -0.391 e. The van der Waals surface area contributed by atoms with Gasteiger partial charge in [-0.2, -0.15) is 0 Å². The SMILES string of the molecule is CCC(C)C(O)CNC(=O)c1cc(C)ccc1-n1ccnc1. The number of benzene rings is 1. The molecule has 2 atom stereocenters. The van der Waals surface area contributed by atoms with Gasteiger partial charge in [0.2, 0.25) is 0 Å². The van der Waals surface area contributed by atoms with Gasteiger partial charge in [0.05, 0.1) is 23.7 Å². The normalized spacial score (nSPS) is 13.6. The summed E-state index contributed by atoms with van der Waals surface area (Å²) in [6, 6.07) is 5.71. The fourth-order valence-electron chi connectivity index (χ4n) is 2.22. The average molecular weight is 301 g/mol. The van der Waals surface area contributed by atoms with Crippen molar-refractivity contribution in [1.82, 2.24) is 14.9 Å². The van der Waals surface area contributed by atoms with Crippen molar-refractivity contribution in [3.05, 3.63) is 48.0 Å². The molecule has 2 rings (SSSR count). The Kier molecular flexibility index (Phi) is 5.33. The first-order valence-electron chi connectivity index (χ1n) is 7.58. The molecule has 0 saturated heterocycles. The van der Waals surface area contributed by atoms with Crippen molar-refractivity contribution in [2.45, 2.75) is 33.3 Å². The van der Waals surface area contributed by atoms with E-state index in [1.165, 1.54) is 0 Å². The number of nitrogens with zero attached hydrogens (tertiary/aromatic N) is 2. The van der Waals surface area contributed by atoms with Crippen LogP contribution in [-0.2, 0) is 0 Å². The van der Waals surface area contributed by atoms with Crippen molar-refractivity contribution in [2.75, 3.05) is 6.54 Å². The molecule has 0 aliphatic rings. The lowest BCUT2D eigenvalue weighted by Crippen LogP contribution is -2.35. The molecule has 0 aliphatic heterocycles. The predicted molar refractivity (Wildman–Crippen MR) is 86.1 cm³/mol. The van der Waals surface area contributed by atoms with Crippen molar-refractivity contribution in [3.63, 3.8) is 0 Å². The first-order chi connectivity index (χ1) is 10.5. The van der Waals surface area contributed by atoms with Gasteiger partial charge in [-0.05, 0) is 25.0 Å². The van der Waals surface area contributed by atoms with Crippen molar-refractivity contribution in [2.24, 2.45) is 5.92 Å². The van der Waals surface area contributed by atoms with Gasteiger partial charge in [-0.25, -0.2) is 4.98 Å². The van der Waals surface area contributed by atoms with Gasteiger partial charge in [-0.15, -0.1) is 0 Å². The zero-order valence-electron chi connectivity index (χ0n) is 13.3. The summed E-state index contributed by atoms with van der Waals surface area (Å²) in [7, 11) is 0. The molecule has 2 unspecified atom stereocenters. The third-order valence-corrected chi connectivity index (χ3v) is 3.95. The van der Waals surface area contributed by atoms with E-state index in [1.807, 2.05) is 39.0 Å². The van der Waals surface area contributed by atoms with Crippen LogP contribution in [0.25, 0.3) is 5.69 Å². The minimum absolute atomic E-state index is 0.158. The molecule has 1 heterocycles. The highest BCUT2D eigenvalue weighted by Crippen LogP contribution is 2.16. The van der Waals surface area contributed by atoms with Gasteiger partial charge >= 0.3 is 0 Å². The number of carbonyl (C=O) groups is 1. The molecular weight excluding hydrogens is 278 g/mol. The smallest absolute Gasteiger partial charge is 0.253 e. The fraction of sp³-hybridized carbons (Fsp3) is 0.412. The van der Waals surface area contributed by atoms with E-state index in [0.29, 0.717) is 5.56 Å². The summed E-state index contributed by atoms with van der Waals surface area (Å²) in [6.45, 7) is 6.20. The van der Waals surface area contributed by atoms with Crippen LogP contribution in [0.2, 0.25) is 0 Å². The molecule has 1 amide bonds. The number of aryl methyl sites for hydroxylation is 1. The Balaban J connectivity index is 2.17. The zero-order valence-corrected chi connectivity index (χ0v) is 13.3. The first-order valence-corrected chi connectivity index (χ1v) is 7.58. The molecule has 5 heteroatoms. The molecule has 118 valence electrons. The number of carbonyl (C=O) groups excluding carboxylic acids is 1. The summed E-state index contributed by atoms with van der Waals surface area (Å²) >= 11 is 0. The Morgan fingerprint density at radius 1 is 1.45 bits per heavy atom. The molecule has 0 radical (unpaired) electrons. The predicted octanol–water partition coefficient (Wildman–Crippen LogP) is 2.32. The van der Waals surface area contributed by atoms with Gasteiger partial charge in [-0.3, -0.25) is 4.79 Å². The van der Waals surface area contributed by atoms with Crippen molar-refractivity contribution >= 4 is 5.91 Å². The summed E-state index contributed by atoms with van der Waals surface area (Å²) in [5, 5.41) is 12.8. The van der Waals surface area contributed by atoms with E-state index < -0.39 is 6.10 Å². The van der Waals surface area contributed by atoms with Crippen LogP contribution in [0.1, 0.15) is 36.2 Å². The number of imidazole rings is 1. The van der Waals surface area contributed by atoms with E-state index in [9.17, 15) is 9.90 Å². The molecule has 1 aromatic heterocycles. The van der Waals surface area contributed by atoms with Crippen molar-refractivity contribution in [3.8, 4) is 5.69 Å². The number of hydrogen-bond acceptors (Lipinski definition) is 3. The average Bonchev–Trinajstić information content (AvgIpc) is 3.05. The molecule has 22 heavy (non-hydrogen) atoms. The minimum atomic E-state index is -0.532. The highest BCUT2D eigenvalue weighted by atomic mass is 16.3. The van der Waals surface area contributed by atoms with Crippen LogP contribution < -0.4 is 5.32 Å². The molecule has 0 bridgehead atoms. The summed E-state index contributed by atoms with van der Waals surface area (Å²) in [4.78, 5) is 16.5. The first kappa shape index (κ1) is 16.2. The summed E-state index contributed by atoms with van der Waals surface area (Å²) in [5.74, 6) is -0.0271. The van der Waals surface area contributed by atoms with E-state index in [2.05, 4.69) is 10.3 Å². The monoisotopic (exact) mass is 301 g/mol. The Hall–Kier alpha value is -2.14. The summed E-state index contributed by atoms with van der Waals surface area (Å²) in [6.07, 6.45) is 5.48. The number of rotatable bonds is 6. The number of aliphatic hydroxyl groups excluding tert-OH is 1. The van der Waals surface area contributed by atoms with Crippen molar-refractivity contribution < 1.29 is 9.90 Å². The lowest BCUT2D eigenvalue weighted by molar-refractivity contribution is 0.0850. The second-order valence-corrected chi connectivity index (χ2v) is 5.65. The third kappa shape index (κ3) is 3.74. The van der Waals surface area contributed by atoms with Gasteiger partial charge in [0.1, 0.15) is 0 Å². The van der Waals surface area contributed by atoms with E-state index in [0.717, 1.165) is 17.7 Å². The van der Waals surface area contributed by atoms with E-state index in [-0.39, 0.29) is 18.4 Å². The largest absolute Gasteiger partial charge is 0.391 e. The maximum atomic E-state index is 12.5. The molecule has 5 nitrogen and oxygen atoms in total. The molecule has 0 aliphatic carbocycles. The standard InChI is InChI=1S/C17H23N3O2/c1-4-13(3)16(21)10-19-17(22)14-9-12(2)5-6-15(14)20-8-7-18-11-20/h5-9,11,13,16,21H,4,10H2,1-3H3,(H,19,22). The van der Waals surface area contributed by atoms with Crippen LogP contribution in [0.5, 0.6) is 0 Å². The fourth-order valence-corrected chi connectivity index (χ4v) is 2.22. The molecule has 0 spiro atoms. The quantitative estimate of drug-likeness (QED) is 0.860. The highest BCUT2D eigenvalue weighted by molar-refractivity contribution is 5.98. The Morgan fingerprint density at radius 2 is 2.23 bits per heavy atom. The van der Waals surface area contributed by atoms with Crippen LogP contribution in [0.3, 0.4) is 0 Å². The lowest BCUT2D eigenvalue weighted by Gasteiger charge is -2.18. The van der Waals surface area contributed by atoms with Gasteiger partial charge in [0.15, 0.2) is 0 Å². The number of hydrogen-bond donors (Lipinski definition) is 2. The summed E-state index contributed by atoms with van der Waals surface area (Å²) in [5.41, 5.74) is 2.37. The zero-order chi connectivity index (χ0) is 16.1. The van der Waals surface area contributed by atoms with E-state index >= 15 is 0 Å². The molecule has 2 aromatic rings. The van der Waals surface area contributed by atoms with Crippen LogP contribution in [0.4, 0.5) is 0 Å². The Morgan fingerprint density at radius 3 is 2.86 bits per heavy atom. The van der Waals surface area contributed by atoms with Gasteiger partial charge in [0, 0.05) is 18.9 Å². The van der Waals surface area contributed by atoms with E-state index in [1.54, 1.807) is 23.3 Å². The molecular formula is C17H23N3O2. The Bertz CT molecular complexity index is 623. The maximum absolute atomic E-state index is 12.5. The van der Waals surface area contributed by atoms with Gasteiger partial charge < -0.3 is 15.0 Å². The number of amides is 1. The number of aliphatic hydroxyl groups is 1. The maximum Gasteiger partial charge on any atom is 0.253 e. The second-order valence-electron chi connectivity index (χ2n) is 5.65. The second kappa shape index (κ2) is 7.22. The number of nitrogens with one attached hydrogen (secondary N) is 1. The van der Waals surface area contributed by atoms with Crippen LogP contribution >= 0.6 is 0 Å². The third-order valence-electron chi connectivity index (χ3n) is 3.95. The molecule has 0 saturated carbocycles. The molecule has 1 aromatic carbocycles.